The number of likely N-dealkylation sites (tertiary alicyclic amines) is 1. The van der Waals surface area contributed by atoms with Gasteiger partial charge in [0.15, 0.2) is 0 Å². The molecule has 1 aliphatic rings. The van der Waals surface area contributed by atoms with Crippen LogP contribution in [0, 0.1) is 0 Å². The maximum atomic E-state index is 9.59. The lowest BCUT2D eigenvalue weighted by molar-refractivity contribution is -0.00825. The smallest absolute Gasteiger partial charge is 0.0664 e. The van der Waals surface area contributed by atoms with Gasteiger partial charge in [-0.15, -0.1) is 0 Å². The molecule has 0 bridgehead atoms. The molecule has 0 aromatic heterocycles. The third-order valence-electron chi connectivity index (χ3n) is 3.32. The number of ether oxygens (including phenoxy) is 2. The molecule has 0 spiro atoms. The standard InChI is InChI=1S/C13H27NO3/c1-3-12(15)11-14-7-5-13(6-8-14)17-10-4-9-16-2/h12-13,15H,3-11H2,1-2H3. The van der Waals surface area contributed by atoms with Crippen molar-refractivity contribution in [1.82, 2.24) is 4.90 Å². The Balaban J connectivity index is 2.05. The molecule has 17 heavy (non-hydrogen) atoms. The zero-order valence-electron chi connectivity index (χ0n) is 11.2. The first-order valence-electron chi connectivity index (χ1n) is 6.77. The van der Waals surface area contributed by atoms with Crippen LogP contribution in [0.15, 0.2) is 0 Å². The van der Waals surface area contributed by atoms with Crippen LogP contribution in [0.1, 0.15) is 32.6 Å². The number of β-amino-alcohol motifs (C(OH)–C–C–N with tert-alkyl or cyclic N) is 1. The van der Waals surface area contributed by atoms with Crippen molar-refractivity contribution in [3.8, 4) is 0 Å². The van der Waals surface area contributed by atoms with Crippen LogP contribution in [-0.2, 0) is 9.47 Å². The maximum Gasteiger partial charge on any atom is 0.0664 e. The summed E-state index contributed by atoms with van der Waals surface area (Å²) in [7, 11) is 1.72. The van der Waals surface area contributed by atoms with Gasteiger partial charge in [-0.2, -0.15) is 0 Å². The van der Waals surface area contributed by atoms with Crippen LogP contribution in [0.25, 0.3) is 0 Å². The highest BCUT2D eigenvalue weighted by Gasteiger charge is 2.20. The average Bonchev–Trinajstić information content (AvgIpc) is 2.36. The molecule has 4 heteroatoms. The van der Waals surface area contributed by atoms with Gasteiger partial charge in [0.25, 0.3) is 0 Å². The first-order chi connectivity index (χ1) is 8.26. The van der Waals surface area contributed by atoms with Gasteiger partial charge in [-0.1, -0.05) is 6.92 Å². The fraction of sp³-hybridized carbons (Fsp3) is 1.00. The highest BCUT2D eigenvalue weighted by Crippen LogP contribution is 2.14. The van der Waals surface area contributed by atoms with Gasteiger partial charge in [0.05, 0.1) is 12.2 Å². The molecule has 0 saturated carbocycles. The van der Waals surface area contributed by atoms with Crippen LogP contribution in [0.3, 0.4) is 0 Å². The summed E-state index contributed by atoms with van der Waals surface area (Å²) in [5.74, 6) is 0. The summed E-state index contributed by atoms with van der Waals surface area (Å²) < 4.78 is 10.8. The molecule has 1 heterocycles. The zero-order valence-corrected chi connectivity index (χ0v) is 11.2. The summed E-state index contributed by atoms with van der Waals surface area (Å²) in [4.78, 5) is 2.34. The van der Waals surface area contributed by atoms with Crippen molar-refractivity contribution >= 4 is 0 Å². The van der Waals surface area contributed by atoms with Crippen LogP contribution in [0.5, 0.6) is 0 Å². The maximum absolute atomic E-state index is 9.59. The second-order valence-corrected chi connectivity index (χ2v) is 4.78. The van der Waals surface area contributed by atoms with E-state index in [2.05, 4.69) is 4.90 Å². The van der Waals surface area contributed by atoms with Gasteiger partial charge in [-0.05, 0) is 25.7 Å². The number of piperidine rings is 1. The number of rotatable bonds is 8. The Labute approximate surface area is 105 Å². The first-order valence-corrected chi connectivity index (χ1v) is 6.77. The molecule has 1 saturated heterocycles. The first kappa shape index (κ1) is 14.9. The highest BCUT2D eigenvalue weighted by molar-refractivity contribution is 4.74. The Morgan fingerprint density at radius 2 is 2.00 bits per heavy atom. The molecule has 1 rings (SSSR count). The quantitative estimate of drug-likeness (QED) is 0.654. The van der Waals surface area contributed by atoms with Crippen molar-refractivity contribution in [2.45, 2.75) is 44.8 Å². The third kappa shape index (κ3) is 6.36. The Bertz CT molecular complexity index is 182. The fourth-order valence-electron chi connectivity index (χ4n) is 2.14. The molecule has 0 aromatic rings. The molecule has 0 radical (unpaired) electrons. The second kappa shape index (κ2) is 8.86. The largest absolute Gasteiger partial charge is 0.392 e. The van der Waals surface area contributed by atoms with Crippen molar-refractivity contribution < 1.29 is 14.6 Å². The van der Waals surface area contributed by atoms with E-state index in [9.17, 15) is 5.11 Å². The molecule has 1 atom stereocenters. The van der Waals surface area contributed by atoms with Crippen LogP contribution < -0.4 is 0 Å². The van der Waals surface area contributed by atoms with E-state index in [1.165, 1.54) is 0 Å². The number of nitrogens with zero attached hydrogens (tertiary/aromatic N) is 1. The number of hydrogen-bond acceptors (Lipinski definition) is 4. The Kier molecular flexibility index (Phi) is 7.77. The average molecular weight is 245 g/mol. The van der Waals surface area contributed by atoms with Crippen LogP contribution in [-0.4, -0.2) is 62.2 Å². The summed E-state index contributed by atoms with van der Waals surface area (Å²) in [6.07, 6.45) is 4.22. The number of aliphatic hydroxyl groups excluding tert-OH is 1. The second-order valence-electron chi connectivity index (χ2n) is 4.78. The van der Waals surface area contributed by atoms with E-state index in [-0.39, 0.29) is 6.10 Å². The van der Waals surface area contributed by atoms with Gasteiger partial charge in [-0.3, -0.25) is 0 Å². The van der Waals surface area contributed by atoms with Gasteiger partial charge in [0.2, 0.25) is 0 Å². The van der Waals surface area contributed by atoms with E-state index < -0.39 is 0 Å². The van der Waals surface area contributed by atoms with Gasteiger partial charge in [0.1, 0.15) is 0 Å². The van der Waals surface area contributed by atoms with E-state index in [4.69, 9.17) is 9.47 Å². The number of aliphatic hydroxyl groups is 1. The summed E-state index contributed by atoms with van der Waals surface area (Å²) in [6.45, 7) is 6.51. The van der Waals surface area contributed by atoms with Crippen molar-refractivity contribution in [3.63, 3.8) is 0 Å². The molecule has 4 nitrogen and oxygen atoms in total. The summed E-state index contributed by atoms with van der Waals surface area (Å²) >= 11 is 0. The van der Waals surface area contributed by atoms with E-state index >= 15 is 0 Å². The minimum Gasteiger partial charge on any atom is -0.392 e. The van der Waals surface area contributed by atoms with E-state index in [1.807, 2.05) is 6.92 Å². The molecular weight excluding hydrogens is 218 g/mol. The Hall–Kier alpha value is -0.160. The van der Waals surface area contributed by atoms with Gasteiger partial charge in [-0.25, -0.2) is 0 Å². The predicted molar refractivity (Wildman–Crippen MR) is 68.2 cm³/mol. The number of methoxy groups -OCH3 is 1. The summed E-state index contributed by atoms with van der Waals surface area (Å²) in [5, 5.41) is 9.59. The SMILES string of the molecule is CCC(O)CN1CCC(OCCCOC)CC1. The van der Waals surface area contributed by atoms with Gasteiger partial charge < -0.3 is 19.5 Å². The van der Waals surface area contributed by atoms with E-state index in [0.717, 1.165) is 58.5 Å². The van der Waals surface area contributed by atoms with Crippen molar-refractivity contribution in [2.75, 3.05) is 40.0 Å². The lowest BCUT2D eigenvalue weighted by Gasteiger charge is -2.32. The molecule has 0 amide bonds. The summed E-state index contributed by atoms with van der Waals surface area (Å²) in [6, 6.07) is 0. The molecule has 1 fully saturated rings. The minimum absolute atomic E-state index is 0.172. The topological polar surface area (TPSA) is 41.9 Å². The predicted octanol–water partition coefficient (Wildman–Crippen LogP) is 1.27. The number of hydrogen-bond donors (Lipinski definition) is 1. The minimum atomic E-state index is -0.172. The molecule has 0 aliphatic carbocycles. The molecule has 0 aromatic carbocycles. The zero-order chi connectivity index (χ0) is 12.5. The Morgan fingerprint density at radius 1 is 1.29 bits per heavy atom. The molecule has 1 N–H and O–H groups in total. The van der Waals surface area contributed by atoms with Gasteiger partial charge in [0, 0.05) is 40.0 Å². The van der Waals surface area contributed by atoms with Gasteiger partial charge >= 0.3 is 0 Å². The van der Waals surface area contributed by atoms with Crippen molar-refractivity contribution in [3.05, 3.63) is 0 Å². The van der Waals surface area contributed by atoms with E-state index in [1.54, 1.807) is 7.11 Å². The van der Waals surface area contributed by atoms with Crippen LogP contribution >= 0.6 is 0 Å². The van der Waals surface area contributed by atoms with E-state index in [0.29, 0.717) is 6.10 Å². The summed E-state index contributed by atoms with van der Waals surface area (Å²) in [5.41, 5.74) is 0. The Morgan fingerprint density at radius 3 is 2.59 bits per heavy atom. The fourth-order valence-corrected chi connectivity index (χ4v) is 2.14. The highest BCUT2D eigenvalue weighted by atomic mass is 16.5. The third-order valence-corrected chi connectivity index (χ3v) is 3.32. The normalized spacial score (nSPS) is 20.6. The molecular formula is C13H27NO3. The van der Waals surface area contributed by atoms with Crippen LogP contribution in [0.4, 0.5) is 0 Å². The molecule has 102 valence electrons. The molecule has 1 unspecified atom stereocenters. The molecule has 1 aliphatic heterocycles. The monoisotopic (exact) mass is 245 g/mol. The van der Waals surface area contributed by atoms with Crippen molar-refractivity contribution in [1.29, 1.82) is 0 Å². The van der Waals surface area contributed by atoms with Crippen molar-refractivity contribution in [2.24, 2.45) is 0 Å². The van der Waals surface area contributed by atoms with Crippen LogP contribution in [0.2, 0.25) is 0 Å². The lowest BCUT2D eigenvalue weighted by atomic mass is 10.1. The lowest BCUT2D eigenvalue weighted by Crippen LogP contribution is -2.41.